The van der Waals surface area contributed by atoms with Crippen molar-refractivity contribution in [2.75, 3.05) is 18.1 Å². The number of fused-ring (bicyclic) bond motifs is 3. The van der Waals surface area contributed by atoms with Gasteiger partial charge < -0.3 is 19.5 Å². The van der Waals surface area contributed by atoms with Gasteiger partial charge in [0.05, 0.1) is 23.7 Å². The standard InChI is InChI=1S/C27H25N3O5/c1-2-35-26(34)23-24(18-12-13-21(31)22(32)16-18)30-20-11-7-6-10-19(20)28-27(30)29(25(23)33)15-14-17-8-4-3-5-9-17/h3-13,16,23-24,31-32H,2,14-15H2,1H3. The summed E-state index contributed by atoms with van der Waals surface area (Å²) < 4.78 is 7.20. The molecule has 1 aromatic heterocycles. The molecule has 1 aliphatic heterocycles. The van der Waals surface area contributed by atoms with Gasteiger partial charge in [-0.1, -0.05) is 48.5 Å². The van der Waals surface area contributed by atoms with Crippen LogP contribution < -0.4 is 4.90 Å². The molecule has 0 saturated carbocycles. The number of anilines is 1. The summed E-state index contributed by atoms with van der Waals surface area (Å²) >= 11 is 0. The molecule has 2 N–H and O–H groups in total. The van der Waals surface area contributed by atoms with Crippen LogP contribution in [0.1, 0.15) is 24.1 Å². The second-order valence-electron chi connectivity index (χ2n) is 8.42. The fraction of sp³-hybridized carbons (Fsp3) is 0.222. The summed E-state index contributed by atoms with van der Waals surface area (Å²) in [6, 6.07) is 20.8. The third-order valence-corrected chi connectivity index (χ3v) is 6.29. The number of aromatic hydroxyl groups is 2. The monoisotopic (exact) mass is 471 g/mol. The maximum atomic E-state index is 13.9. The van der Waals surface area contributed by atoms with E-state index in [4.69, 9.17) is 9.72 Å². The number of amides is 1. The molecule has 0 spiro atoms. The van der Waals surface area contributed by atoms with E-state index in [1.165, 1.54) is 12.1 Å². The molecule has 8 nitrogen and oxygen atoms in total. The van der Waals surface area contributed by atoms with Crippen LogP contribution in [0.15, 0.2) is 72.8 Å². The fourth-order valence-electron chi connectivity index (χ4n) is 4.67. The maximum absolute atomic E-state index is 13.9. The highest BCUT2D eigenvalue weighted by molar-refractivity contribution is 6.08. The molecular formula is C27H25N3O5. The number of nitrogens with zero attached hydrogens (tertiary/aromatic N) is 3. The van der Waals surface area contributed by atoms with E-state index < -0.39 is 23.8 Å². The number of carbonyl (C=O) groups excluding carboxylic acids is 2. The maximum Gasteiger partial charge on any atom is 0.321 e. The first-order valence-corrected chi connectivity index (χ1v) is 11.5. The van der Waals surface area contributed by atoms with Crippen LogP contribution in [0.25, 0.3) is 11.0 Å². The Balaban J connectivity index is 1.69. The number of ether oxygens (including phenoxy) is 1. The van der Waals surface area contributed by atoms with Crippen LogP contribution >= 0.6 is 0 Å². The number of carbonyl (C=O) groups is 2. The van der Waals surface area contributed by atoms with E-state index in [2.05, 4.69) is 0 Å². The van der Waals surface area contributed by atoms with Crippen LogP contribution in [0.2, 0.25) is 0 Å². The lowest BCUT2D eigenvalue weighted by Gasteiger charge is -2.38. The van der Waals surface area contributed by atoms with Crippen molar-refractivity contribution in [3.05, 3.63) is 83.9 Å². The molecule has 0 saturated heterocycles. The van der Waals surface area contributed by atoms with Gasteiger partial charge in [-0.15, -0.1) is 0 Å². The van der Waals surface area contributed by atoms with Crippen molar-refractivity contribution in [2.45, 2.75) is 19.4 Å². The Morgan fingerprint density at radius 1 is 1.00 bits per heavy atom. The van der Waals surface area contributed by atoms with Crippen LogP contribution in [0, 0.1) is 5.92 Å². The number of hydrogen-bond donors (Lipinski definition) is 2. The van der Waals surface area contributed by atoms with Crippen LogP contribution in [0.4, 0.5) is 5.95 Å². The van der Waals surface area contributed by atoms with E-state index in [0.717, 1.165) is 11.1 Å². The quantitative estimate of drug-likeness (QED) is 0.252. The molecule has 1 aliphatic rings. The first-order valence-electron chi connectivity index (χ1n) is 11.5. The summed E-state index contributed by atoms with van der Waals surface area (Å²) in [7, 11) is 0. The van der Waals surface area contributed by atoms with Gasteiger partial charge in [0, 0.05) is 6.54 Å². The number of aromatic nitrogens is 2. The molecule has 4 aromatic rings. The summed E-state index contributed by atoms with van der Waals surface area (Å²) in [6.07, 6.45) is 0.579. The summed E-state index contributed by atoms with van der Waals surface area (Å²) in [5.41, 5.74) is 2.96. The molecule has 178 valence electrons. The van der Waals surface area contributed by atoms with Crippen LogP contribution in [-0.4, -0.2) is 44.8 Å². The van der Waals surface area contributed by atoms with Crippen LogP contribution in [0.5, 0.6) is 11.5 Å². The Hall–Kier alpha value is -4.33. The lowest BCUT2D eigenvalue weighted by atomic mass is 9.89. The van der Waals surface area contributed by atoms with Crippen molar-refractivity contribution < 1.29 is 24.5 Å². The lowest BCUT2D eigenvalue weighted by molar-refractivity contribution is -0.153. The fourth-order valence-corrected chi connectivity index (χ4v) is 4.67. The zero-order chi connectivity index (χ0) is 24.5. The van der Waals surface area contributed by atoms with E-state index in [1.807, 2.05) is 59.2 Å². The Morgan fingerprint density at radius 2 is 1.74 bits per heavy atom. The summed E-state index contributed by atoms with van der Waals surface area (Å²) in [6.45, 7) is 2.14. The number of phenolic OH excluding ortho intramolecular Hbond substituents is 2. The molecule has 0 radical (unpaired) electrons. The predicted molar refractivity (Wildman–Crippen MR) is 130 cm³/mol. The van der Waals surface area contributed by atoms with Gasteiger partial charge in [-0.2, -0.15) is 0 Å². The van der Waals surface area contributed by atoms with Crippen molar-refractivity contribution in [3.63, 3.8) is 0 Å². The van der Waals surface area contributed by atoms with Crippen molar-refractivity contribution >= 4 is 28.9 Å². The number of esters is 1. The molecule has 3 aromatic carbocycles. The first-order chi connectivity index (χ1) is 17.0. The minimum atomic E-state index is -1.19. The molecule has 35 heavy (non-hydrogen) atoms. The van der Waals surface area contributed by atoms with Gasteiger partial charge in [-0.3, -0.25) is 14.5 Å². The van der Waals surface area contributed by atoms with E-state index >= 15 is 0 Å². The molecular weight excluding hydrogens is 446 g/mol. The molecule has 2 atom stereocenters. The lowest BCUT2D eigenvalue weighted by Crippen LogP contribution is -2.50. The van der Waals surface area contributed by atoms with Gasteiger partial charge in [-0.25, -0.2) is 4.98 Å². The Morgan fingerprint density at radius 3 is 2.49 bits per heavy atom. The van der Waals surface area contributed by atoms with Gasteiger partial charge in [0.25, 0.3) is 0 Å². The number of benzene rings is 3. The second kappa shape index (κ2) is 9.13. The van der Waals surface area contributed by atoms with Crippen molar-refractivity contribution in [1.29, 1.82) is 0 Å². The molecule has 2 unspecified atom stereocenters. The number of phenols is 2. The highest BCUT2D eigenvalue weighted by atomic mass is 16.5. The highest BCUT2D eigenvalue weighted by Crippen LogP contribution is 2.42. The molecule has 1 amide bonds. The number of imidazole rings is 1. The molecule has 5 rings (SSSR count). The average Bonchev–Trinajstić information content (AvgIpc) is 3.24. The molecule has 8 heteroatoms. The highest BCUT2D eigenvalue weighted by Gasteiger charge is 2.47. The smallest absolute Gasteiger partial charge is 0.321 e. The Bertz CT molecular complexity index is 1400. The minimum Gasteiger partial charge on any atom is -0.504 e. The second-order valence-corrected chi connectivity index (χ2v) is 8.42. The number of para-hydroxylation sites is 2. The van der Waals surface area contributed by atoms with E-state index in [0.29, 0.717) is 30.0 Å². The van der Waals surface area contributed by atoms with Gasteiger partial charge in [-0.05, 0) is 48.7 Å². The Labute approximate surface area is 202 Å². The van der Waals surface area contributed by atoms with E-state index in [-0.39, 0.29) is 18.1 Å². The van der Waals surface area contributed by atoms with E-state index in [1.54, 1.807) is 17.9 Å². The van der Waals surface area contributed by atoms with Gasteiger partial charge in [0.1, 0.15) is 0 Å². The Kier molecular flexibility index (Phi) is 5.86. The molecule has 0 fully saturated rings. The predicted octanol–water partition coefficient (Wildman–Crippen LogP) is 3.81. The van der Waals surface area contributed by atoms with Crippen molar-refractivity contribution in [3.8, 4) is 11.5 Å². The first kappa shape index (κ1) is 22.5. The zero-order valence-electron chi connectivity index (χ0n) is 19.2. The third kappa shape index (κ3) is 3.97. The zero-order valence-corrected chi connectivity index (χ0v) is 19.2. The van der Waals surface area contributed by atoms with Crippen molar-refractivity contribution in [2.24, 2.45) is 5.92 Å². The average molecular weight is 472 g/mol. The number of rotatable bonds is 6. The van der Waals surface area contributed by atoms with Crippen molar-refractivity contribution in [1.82, 2.24) is 9.55 Å². The van der Waals surface area contributed by atoms with Gasteiger partial charge >= 0.3 is 5.97 Å². The molecule has 2 heterocycles. The molecule has 0 aliphatic carbocycles. The molecule has 0 bridgehead atoms. The summed E-state index contributed by atoms with van der Waals surface area (Å²) in [5.74, 6) is -2.47. The van der Waals surface area contributed by atoms with Crippen LogP contribution in [0.3, 0.4) is 0 Å². The summed E-state index contributed by atoms with van der Waals surface area (Å²) in [5, 5.41) is 20.1. The normalized spacial score (nSPS) is 17.4. The topological polar surface area (TPSA) is 105 Å². The largest absolute Gasteiger partial charge is 0.504 e. The summed E-state index contributed by atoms with van der Waals surface area (Å²) in [4.78, 5) is 33.4. The number of hydrogen-bond acceptors (Lipinski definition) is 6. The van der Waals surface area contributed by atoms with Gasteiger partial charge in [0.15, 0.2) is 17.4 Å². The SMILES string of the molecule is CCOC(=O)C1C(=O)N(CCc2ccccc2)c2nc3ccccc3n2C1c1ccc(O)c(O)c1. The van der Waals surface area contributed by atoms with Crippen LogP contribution in [-0.2, 0) is 20.7 Å². The van der Waals surface area contributed by atoms with Gasteiger partial charge in [0.2, 0.25) is 11.9 Å². The minimum absolute atomic E-state index is 0.123. The van der Waals surface area contributed by atoms with E-state index in [9.17, 15) is 19.8 Å². The third-order valence-electron chi connectivity index (χ3n) is 6.29.